The number of benzene rings is 4. The van der Waals surface area contributed by atoms with Gasteiger partial charge in [-0.05, 0) is 66.2 Å². The highest BCUT2D eigenvalue weighted by molar-refractivity contribution is 6.06. The van der Waals surface area contributed by atoms with E-state index in [-0.39, 0.29) is 5.41 Å². The van der Waals surface area contributed by atoms with Gasteiger partial charge in [0, 0.05) is 6.42 Å². The van der Waals surface area contributed by atoms with Crippen LogP contribution in [-0.2, 0) is 45.8 Å². The molecule has 0 saturated heterocycles. The van der Waals surface area contributed by atoms with Crippen LogP contribution in [0, 0.1) is 5.41 Å². The first-order valence-electron chi connectivity index (χ1n) is 17.4. The second-order valence-electron chi connectivity index (χ2n) is 13.4. The monoisotopic (exact) mass is 672 g/mol. The van der Waals surface area contributed by atoms with E-state index in [0.29, 0.717) is 32.8 Å². The third-order valence-electron chi connectivity index (χ3n) is 8.25. The molecule has 8 heteroatoms. The second-order valence-corrected chi connectivity index (χ2v) is 13.4. The molecule has 2 fully saturated rings. The van der Waals surface area contributed by atoms with Crippen molar-refractivity contribution in [2.24, 2.45) is 26.0 Å². The largest absolute Gasteiger partial charge is 0.391 e. The van der Waals surface area contributed by atoms with Crippen LogP contribution in [-0.4, -0.2) is 22.8 Å². The highest BCUT2D eigenvalue weighted by Gasteiger charge is 2.30. The molecule has 0 radical (unpaired) electrons. The van der Waals surface area contributed by atoms with Gasteiger partial charge in [-0.15, -0.1) is 0 Å². The van der Waals surface area contributed by atoms with Crippen LogP contribution < -0.4 is 0 Å². The van der Waals surface area contributed by atoms with Crippen LogP contribution in [0.15, 0.2) is 142 Å². The van der Waals surface area contributed by atoms with Crippen LogP contribution >= 0.6 is 0 Å². The van der Waals surface area contributed by atoms with E-state index in [1.165, 1.54) is 0 Å². The van der Waals surface area contributed by atoms with Crippen molar-refractivity contribution < 1.29 is 19.4 Å². The van der Waals surface area contributed by atoms with E-state index in [1.807, 2.05) is 121 Å². The van der Waals surface area contributed by atoms with E-state index < -0.39 is 0 Å². The number of hydrogen-bond donors (Lipinski definition) is 0. The minimum absolute atomic E-state index is 0.113. The molecule has 4 aromatic carbocycles. The van der Waals surface area contributed by atoms with Gasteiger partial charge in [-0.3, -0.25) is 0 Å². The van der Waals surface area contributed by atoms with E-state index in [1.54, 1.807) is 0 Å². The number of nitrogens with zero attached hydrogens (tertiary/aromatic N) is 4. The summed E-state index contributed by atoms with van der Waals surface area (Å²) in [6.45, 7) is 6.47. The molecule has 2 aliphatic carbocycles. The van der Waals surface area contributed by atoms with Crippen LogP contribution in [0.1, 0.15) is 81.0 Å². The Bertz CT molecular complexity index is 1550. The van der Waals surface area contributed by atoms with Gasteiger partial charge in [0.05, 0.1) is 22.8 Å². The highest BCUT2D eigenvalue weighted by atomic mass is 16.6. The molecule has 0 heterocycles. The summed E-state index contributed by atoms with van der Waals surface area (Å²) >= 11 is 0. The van der Waals surface area contributed by atoms with Crippen molar-refractivity contribution >= 4 is 22.8 Å². The molecule has 8 nitrogen and oxygen atoms in total. The molecule has 2 aliphatic rings. The molecule has 0 unspecified atom stereocenters. The lowest BCUT2D eigenvalue weighted by atomic mass is 9.75. The van der Waals surface area contributed by atoms with Crippen molar-refractivity contribution in [1.82, 2.24) is 0 Å². The smallest absolute Gasteiger partial charge is 0.142 e. The molecule has 260 valence electrons. The summed E-state index contributed by atoms with van der Waals surface area (Å²) in [4.78, 5) is 22.0. The second kappa shape index (κ2) is 19.7. The maximum Gasteiger partial charge on any atom is 0.142 e. The molecule has 6 rings (SSSR count). The van der Waals surface area contributed by atoms with Crippen LogP contribution in [0.2, 0.25) is 0 Å². The van der Waals surface area contributed by atoms with Crippen molar-refractivity contribution in [3.63, 3.8) is 0 Å². The fraction of sp³-hybridized carbons (Fsp3) is 0.333. The Morgan fingerprint density at radius 1 is 0.400 bits per heavy atom. The number of hydrogen-bond acceptors (Lipinski definition) is 8. The molecule has 0 aromatic heterocycles. The zero-order valence-corrected chi connectivity index (χ0v) is 29.2. The van der Waals surface area contributed by atoms with Gasteiger partial charge in [0.15, 0.2) is 0 Å². The normalized spacial score (nSPS) is 16.9. The van der Waals surface area contributed by atoms with Gasteiger partial charge in [0.25, 0.3) is 0 Å². The predicted molar refractivity (Wildman–Crippen MR) is 201 cm³/mol. The van der Waals surface area contributed by atoms with Gasteiger partial charge in [-0.1, -0.05) is 156 Å². The lowest BCUT2D eigenvalue weighted by Crippen LogP contribution is -2.29. The summed E-state index contributed by atoms with van der Waals surface area (Å²) in [7, 11) is 0. The first-order valence-corrected chi connectivity index (χ1v) is 17.4. The van der Waals surface area contributed by atoms with Crippen LogP contribution in [0.3, 0.4) is 0 Å². The summed E-state index contributed by atoms with van der Waals surface area (Å²) in [5, 5.41) is 17.3. The standard InChI is InChI=1S/C22H26N2O2.C20H22N2O2/c1-22(2)14-20(23-25-16-18-9-5-3-6-10-18)13-21(15-22)24-26-17-19-11-7-4-8-12-19;1-3-7-17(8-4-1)15-23-21-19-11-13-20(14-12-19)22-24-16-18-9-5-2-6-10-18/h3-12H,13-17H2,1-2H3;1-10H,11-16H2. The van der Waals surface area contributed by atoms with Gasteiger partial charge in [0.2, 0.25) is 0 Å². The van der Waals surface area contributed by atoms with Gasteiger partial charge in [-0.25, -0.2) is 0 Å². The van der Waals surface area contributed by atoms with Crippen molar-refractivity contribution in [2.45, 2.75) is 85.2 Å². The zero-order valence-electron chi connectivity index (χ0n) is 29.2. The topological polar surface area (TPSA) is 86.4 Å². The van der Waals surface area contributed by atoms with Gasteiger partial charge in [0.1, 0.15) is 26.4 Å². The van der Waals surface area contributed by atoms with Crippen LogP contribution in [0.5, 0.6) is 0 Å². The fourth-order valence-electron chi connectivity index (χ4n) is 5.76. The SMILES string of the molecule is CC1(C)CC(=NOCc2ccccc2)CC(=NOCc2ccccc2)C1.c1ccc(CON=C2CCC(=NOCc3ccccc3)CC2)cc1. The minimum atomic E-state index is 0.113. The van der Waals surface area contributed by atoms with E-state index >= 15 is 0 Å². The maximum absolute atomic E-state index is 5.57. The molecule has 2 saturated carbocycles. The minimum Gasteiger partial charge on any atom is -0.391 e. The van der Waals surface area contributed by atoms with Gasteiger partial charge < -0.3 is 19.4 Å². The van der Waals surface area contributed by atoms with E-state index in [9.17, 15) is 0 Å². The van der Waals surface area contributed by atoms with Crippen molar-refractivity contribution in [2.75, 3.05) is 0 Å². The molecule has 0 atom stereocenters. The number of rotatable bonds is 12. The fourth-order valence-corrected chi connectivity index (χ4v) is 5.76. The van der Waals surface area contributed by atoms with Gasteiger partial charge >= 0.3 is 0 Å². The third kappa shape index (κ3) is 13.3. The molecule has 4 aromatic rings. The van der Waals surface area contributed by atoms with Crippen LogP contribution in [0.25, 0.3) is 0 Å². The Hall–Kier alpha value is -5.24. The molecule has 0 aliphatic heterocycles. The maximum atomic E-state index is 5.57. The average molecular weight is 673 g/mol. The predicted octanol–water partition coefficient (Wildman–Crippen LogP) is 10.0. The van der Waals surface area contributed by atoms with Crippen LogP contribution in [0.4, 0.5) is 0 Å². The Kier molecular flexibility index (Phi) is 14.2. The van der Waals surface area contributed by atoms with E-state index in [0.717, 1.165) is 83.6 Å². The number of oxime groups is 4. The quantitative estimate of drug-likeness (QED) is 0.140. The average Bonchev–Trinajstić information content (AvgIpc) is 3.14. The third-order valence-corrected chi connectivity index (χ3v) is 8.25. The molecular formula is C42H48N4O4. The summed E-state index contributed by atoms with van der Waals surface area (Å²) in [5.41, 5.74) is 8.88. The Balaban J connectivity index is 0.000000195. The molecule has 0 bridgehead atoms. The summed E-state index contributed by atoms with van der Waals surface area (Å²) < 4.78 is 0. The molecule has 0 N–H and O–H groups in total. The Morgan fingerprint density at radius 3 is 0.940 bits per heavy atom. The Labute approximate surface area is 296 Å². The zero-order chi connectivity index (χ0) is 34.7. The highest BCUT2D eigenvalue weighted by Crippen LogP contribution is 2.33. The molecule has 0 amide bonds. The van der Waals surface area contributed by atoms with E-state index in [2.05, 4.69) is 34.5 Å². The van der Waals surface area contributed by atoms with Crippen molar-refractivity contribution in [3.8, 4) is 0 Å². The molecule has 50 heavy (non-hydrogen) atoms. The first kappa shape index (κ1) is 36.1. The summed E-state index contributed by atoms with van der Waals surface area (Å²) in [5.74, 6) is 0. The first-order chi connectivity index (χ1) is 24.5. The summed E-state index contributed by atoms with van der Waals surface area (Å²) in [6.07, 6.45) is 6.11. The molecule has 0 spiro atoms. The van der Waals surface area contributed by atoms with Gasteiger partial charge in [-0.2, -0.15) is 0 Å². The summed E-state index contributed by atoms with van der Waals surface area (Å²) in [6, 6.07) is 40.3. The molecular weight excluding hydrogens is 624 g/mol. The van der Waals surface area contributed by atoms with E-state index in [4.69, 9.17) is 19.4 Å². The lowest BCUT2D eigenvalue weighted by Gasteiger charge is -2.30. The Morgan fingerprint density at radius 2 is 0.660 bits per heavy atom. The van der Waals surface area contributed by atoms with Crippen molar-refractivity contribution in [3.05, 3.63) is 144 Å². The lowest BCUT2D eigenvalue weighted by molar-refractivity contribution is 0.124. The van der Waals surface area contributed by atoms with Crippen molar-refractivity contribution in [1.29, 1.82) is 0 Å².